The predicted octanol–water partition coefficient (Wildman–Crippen LogP) is 4.99. The summed E-state index contributed by atoms with van der Waals surface area (Å²) in [5.41, 5.74) is 4.62. The molecule has 0 unspecified atom stereocenters. The van der Waals surface area contributed by atoms with Crippen molar-refractivity contribution >= 4 is 12.2 Å². The quantitative estimate of drug-likeness (QED) is 0.682. The van der Waals surface area contributed by atoms with Crippen LogP contribution in [0, 0.1) is 0 Å². The normalized spacial score (nSPS) is 26.5. The summed E-state index contributed by atoms with van der Waals surface area (Å²) in [7, 11) is 0. The lowest BCUT2D eigenvalue weighted by Gasteiger charge is -2.06. The molecule has 0 saturated heterocycles. The van der Waals surface area contributed by atoms with Gasteiger partial charge in [-0.2, -0.15) is 0 Å². The molecule has 2 aromatic carbocycles. The van der Waals surface area contributed by atoms with Crippen molar-refractivity contribution in [1.82, 2.24) is 0 Å². The highest BCUT2D eigenvalue weighted by molar-refractivity contribution is 5.48. The lowest BCUT2D eigenvalue weighted by Crippen LogP contribution is -2.04. The standard InChI is InChI=1S/C22H22O2/c1-3-17-5-9-19(10-6-17)13-23-21-15-22(21,16-21)24-14-20-11-7-18(4-2)8-12-20/h3-12H,1-2,13-16H2. The van der Waals surface area contributed by atoms with Crippen LogP contribution in [0.3, 0.4) is 0 Å². The lowest BCUT2D eigenvalue weighted by atomic mass is 10.1. The third-order valence-electron chi connectivity index (χ3n) is 5.18. The molecule has 2 aromatic rings. The number of hydrogen-bond donors (Lipinski definition) is 0. The van der Waals surface area contributed by atoms with E-state index in [-0.39, 0.29) is 11.2 Å². The van der Waals surface area contributed by atoms with Gasteiger partial charge in [-0.15, -0.1) is 0 Å². The Morgan fingerprint density at radius 2 is 1.08 bits per heavy atom. The predicted molar refractivity (Wildman–Crippen MR) is 97.3 cm³/mol. The summed E-state index contributed by atoms with van der Waals surface area (Å²) < 4.78 is 12.3. The van der Waals surface area contributed by atoms with E-state index in [4.69, 9.17) is 9.47 Å². The average molecular weight is 318 g/mol. The zero-order valence-electron chi connectivity index (χ0n) is 13.8. The van der Waals surface area contributed by atoms with Crippen LogP contribution < -0.4 is 0 Å². The fourth-order valence-corrected chi connectivity index (χ4v) is 3.19. The molecule has 0 heterocycles. The Hall–Kier alpha value is -2.16. The maximum Gasteiger partial charge on any atom is 0.103 e. The van der Waals surface area contributed by atoms with E-state index >= 15 is 0 Å². The van der Waals surface area contributed by atoms with Crippen molar-refractivity contribution in [3.8, 4) is 0 Å². The van der Waals surface area contributed by atoms with Crippen LogP contribution in [0.1, 0.15) is 35.1 Å². The van der Waals surface area contributed by atoms with E-state index in [9.17, 15) is 0 Å². The molecule has 0 N–H and O–H groups in total. The van der Waals surface area contributed by atoms with Crippen molar-refractivity contribution in [2.75, 3.05) is 0 Å². The van der Waals surface area contributed by atoms with Gasteiger partial charge in [0.25, 0.3) is 0 Å². The molecule has 0 aliphatic heterocycles. The van der Waals surface area contributed by atoms with Gasteiger partial charge in [0.05, 0.1) is 13.2 Å². The molecular weight excluding hydrogens is 296 g/mol. The third-order valence-corrected chi connectivity index (χ3v) is 5.18. The number of hydrogen-bond acceptors (Lipinski definition) is 2. The van der Waals surface area contributed by atoms with Crippen LogP contribution in [-0.2, 0) is 22.7 Å². The molecule has 0 spiro atoms. The first-order valence-electron chi connectivity index (χ1n) is 8.39. The average Bonchev–Trinajstić information content (AvgIpc) is 3.45. The summed E-state index contributed by atoms with van der Waals surface area (Å²) in [4.78, 5) is 0. The van der Waals surface area contributed by atoms with Gasteiger partial charge in [0.1, 0.15) is 11.2 Å². The molecule has 0 bridgehead atoms. The number of benzene rings is 2. The summed E-state index contributed by atoms with van der Waals surface area (Å²) in [5, 5.41) is 0. The van der Waals surface area contributed by atoms with Crippen LogP contribution in [-0.4, -0.2) is 11.2 Å². The van der Waals surface area contributed by atoms with Gasteiger partial charge < -0.3 is 9.47 Å². The van der Waals surface area contributed by atoms with Gasteiger partial charge in [0.2, 0.25) is 0 Å². The second-order valence-electron chi connectivity index (χ2n) is 6.81. The molecule has 0 amide bonds. The largest absolute Gasteiger partial charge is 0.367 e. The van der Waals surface area contributed by atoms with Crippen molar-refractivity contribution in [2.24, 2.45) is 0 Å². The van der Waals surface area contributed by atoms with Gasteiger partial charge >= 0.3 is 0 Å². The minimum atomic E-state index is -0.0227. The van der Waals surface area contributed by atoms with Crippen molar-refractivity contribution in [2.45, 2.75) is 37.3 Å². The maximum absolute atomic E-state index is 6.14. The first-order chi connectivity index (χ1) is 11.7. The molecule has 4 rings (SSSR count). The van der Waals surface area contributed by atoms with Crippen molar-refractivity contribution < 1.29 is 9.47 Å². The highest BCUT2D eigenvalue weighted by Gasteiger charge is 2.87. The fourth-order valence-electron chi connectivity index (χ4n) is 3.19. The topological polar surface area (TPSA) is 18.5 Å². The number of rotatable bonds is 8. The van der Waals surface area contributed by atoms with E-state index in [1.165, 1.54) is 11.1 Å². The molecule has 0 atom stereocenters. The molecule has 122 valence electrons. The van der Waals surface area contributed by atoms with Gasteiger partial charge in [0.15, 0.2) is 0 Å². The van der Waals surface area contributed by atoms with Gasteiger partial charge in [0, 0.05) is 12.8 Å². The SMILES string of the molecule is C=Cc1ccc(COC23CC2(OCc2ccc(C=C)cc2)C3)cc1. The van der Waals surface area contributed by atoms with Gasteiger partial charge in [-0.25, -0.2) is 0 Å². The monoisotopic (exact) mass is 318 g/mol. The second kappa shape index (κ2) is 5.73. The van der Waals surface area contributed by atoms with Crippen LogP contribution >= 0.6 is 0 Å². The van der Waals surface area contributed by atoms with Crippen molar-refractivity contribution in [3.63, 3.8) is 0 Å². The van der Waals surface area contributed by atoms with E-state index in [0.717, 1.165) is 24.0 Å². The van der Waals surface area contributed by atoms with E-state index in [1.54, 1.807) is 0 Å². The Morgan fingerprint density at radius 3 is 1.42 bits per heavy atom. The smallest absolute Gasteiger partial charge is 0.103 e. The highest BCUT2D eigenvalue weighted by atomic mass is 16.6. The number of fused-ring (bicyclic) bond motifs is 1. The van der Waals surface area contributed by atoms with Crippen molar-refractivity contribution in [1.29, 1.82) is 0 Å². The molecule has 0 radical (unpaired) electrons. The minimum absolute atomic E-state index is 0.0227. The molecule has 2 fully saturated rings. The zero-order valence-corrected chi connectivity index (χ0v) is 13.8. The van der Waals surface area contributed by atoms with Crippen LogP contribution in [0.4, 0.5) is 0 Å². The Morgan fingerprint density at radius 1 is 0.708 bits per heavy atom. The van der Waals surface area contributed by atoms with E-state index in [1.807, 2.05) is 12.2 Å². The minimum Gasteiger partial charge on any atom is -0.367 e. The molecule has 2 aliphatic rings. The van der Waals surface area contributed by atoms with Crippen molar-refractivity contribution in [3.05, 3.63) is 83.9 Å². The molecular formula is C22H22O2. The lowest BCUT2D eigenvalue weighted by molar-refractivity contribution is 0.0291. The fraction of sp³-hybridized carbons (Fsp3) is 0.273. The first kappa shape index (κ1) is 15.4. The van der Waals surface area contributed by atoms with Crippen LogP contribution in [0.25, 0.3) is 12.2 Å². The molecule has 24 heavy (non-hydrogen) atoms. The van der Waals surface area contributed by atoms with Crippen LogP contribution in [0.15, 0.2) is 61.7 Å². The molecule has 2 aliphatic carbocycles. The molecule has 0 aromatic heterocycles. The Labute approximate surface area is 143 Å². The summed E-state index contributed by atoms with van der Waals surface area (Å²) in [5.74, 6) is 0. The summed E-state index contributed by atoms with van der Waals surface area (Å²) in [6, 6.07) is 16.7. The zero-order chi connectivity index (χ0) is 16.6. The van der Waals surface area contributed by atoms with Gasteiger partial charge in [-0.1, -0.05) is 73.8 Å². The maximum atomic E-state index is 6.14. The highest BCUT2D eigenvalue weighted by Crippen LogP contribution is 2.75. The number of ether oxygens (including phenoxy) is 2. The molecule has 2 nitrogen and oxygen atoms in total. The molecule has 2 heteroatoms. The Balaban J connectivity index is 1.27. The summed E-state index contributed by atoms with van der Waals surface area (Å²) >= 11 is 0. The van der Waals surface area contributed by atoms with Crippen LogP contribution in [0.5, 0.6) is 0 Å². The van der Waals surface area contributed by atoms with Crippen LogP contribution in [0.2, 0.25) is 0 Å². The van der Waals surface area contributed by atoms with Gasteiger partial charge in [-0.3, -0.25) is 0 Å². The van der Waals surface area contributed by atoms with E-state index in [0.29, 0.717) is 13.2 Å². The summed E-state index contributed by atoms with van der Waals surface area (Å²) in [6.45, 7) is 8.85. The third kappa shape index (κ3) is 2.72. The van der Waals surface area contributed by atoms with Gasteiger partial charge in [-0.05, 0) is 22.3 Å². The van der Waals surface area contributed by atoms with E-state index in [2.05, 4.69) is 61.7 Å². The second-order valence-corrected chi connectivity index (χ2v) is 6.81. The first-order valence-corrected chi connectivity index (χ1v) is 8.39. The molecule has 2 saturated carbocycles. The Kier molecular flexibility index (Phi) is 3.67. The van der Waals surface area contributed by atoms with E-state index < -0.39 is 0 Å². The Bertz CT molecular complexity index is 684. The summed E-state index contributed by atoms with van der Waals surface area (Å²) in [6.07, 6.45) is 5.75.